The van der Waals surface area contributed by atoms with Gasteiger partial charge >= 0.3 is 6.18 Å². The molecule has 1 aromatic heterocycles. The average molecular weight is 431 g/mol. The van der Waals surface area contributed by atoms with Gasteiger partial charge in [0.05, 0.1) is 16.1 Å². The lowest BCUT2D eigenvalue weighted by molar-refractivity contribution is -0.137. The number of alkyl halides is 3. The standard InChI is InChI=1S/C19H19ClF4N4O/c20-15-11-13(19(22,23)24)12-26-17(15)28-9-7-27(8-10-28)6-5-25-18(29)14-3-1-2-4-16(14)21/h1-4,11-12H,5-10H2,(H,25,29). The molecule has 1 amide bonds. The number of hydrogen-bond acceptors (Lipinski definition) is 4. The number of halogens is 5. The van der Waals surface area contributed by atoms with Crippen molar-refractivity contribution in [1.82, 2.24) is 15.2 Å². The van der Waals surface area contributed by atoms with Gasteiger partial charge in [0.1, 0.15) is 11.6 Å². The topological polar surface area (TPSA) is 48.5 Å². The molecule has 2 aromatic rings. The van der Waals surface area contributed by atoms with E-state index >= 15 is 0 Å². The number of carbonyl (C=O) groups is 1. The molecule has 1 aliphatic rings. The summed E-state index contributed by atoms with van der Waals surface area (Å²) in [5.41, 5.74) is -0.879. The molecular formula is C19H19ClF4N4O. The van der Waals surface area contributed by atoms with Crippen LogP contribution in [0.15, 0.2) is 36.5 Å². The molecule has 10 heteroatoms. The molecule has 1 N–H and O–H groups in total. The van der Waals surface area contributed by atoms with Gasteiger partial charge in [0.2, 0.25) is 0 Å². The first kappa shape index (κ1) is 21.3. The second kappa shape index (κ2) is 8.96. The number of anilines is 1. The molecule has 0 bridgehead atoms. The van der Waals surface area contributed by atoms with Crippen molar-refractivity contribution in [2.24, 2.45) is 0 Å². The molecule has 0 radical (unpaired) electrons. The van der Waals surface area contributed by atoms with Crippen molar-refractivity contribution in [3.05, 3.63) is 58.5 Å². The highest BCUT2D eigenvalue weighted by Crippen LogP contribution is 2.33. The summed E-state index contributed by atoms with van der Waals surface area (Å²) < 4.78 is 51.8. The van der Waals surface area contributed by atoms with Crippen LogP contribution in [0.25, 0.3) is 0 Å². The van der Waals surface area contributed by atoms with Gasteiger partial charge in [0, 0.05) is 45.5 Å². The van der Waals surface area contributed by atoms with Crippen LogP contribution in [0.5, 0.6) is 0 Å². The predicted molar refractivity (Wildman–Crippen MR) is 102 cm³/mol. The van der Waals surface area contributed by atoms with Crippen LogP contribution in [-0.2, 0) is 6.18 Å². The molecule has 0 aliphatic carbocycles. The van der Waals surface area contributed by atoms with Gasteiger partial charge in [-0.2, -0.15) is 13.2 Å². The number of nitrogens with zero attached hydrogens (tertiary/aromatic N) is 3. The molecule has 0 saturated carbocycles. The highest BCUT2D eigenvalue weighted by Gasteiger charge is 2.32. The number of aromatic nitrogens is 1. The molecule has 3 rings (SSSR count). The predicted octanol–water partition coefficient (Wildman–Crippen LogP) is 3.44. The van der Waals surface area contributed by atoms with E-state index in [1.165, 1.54) is 18.2 Å². The number of rotatable bonds is 5. The second-order valence-electron chi connectivity index (χ2n) is 6.59. The fourth-order valence-corrected chi connectivity index (χ4v) is 3.36. The summed E-state index contributed by atoms with van der Waals surface area (Å²) in [6, 6.07) is 6.65. The number of pyridine rings is 1. The lowest BCUT2D eigenvalue weighted by Gasteiger charge is -2.35. The molecule has 0 unspecified atom stereocenters. The van der Waals surface area contributed by atoms with Crippen molar-refractivity contribution in [2.75, 3.05) is 44.2 Å². The Kier molecular flexibility index (Phi) is 6.59. The number of hydrogen-bond donors (Lipinski definition) is 1. The van der Waals surface area contributed by atoms with Crippen LogP contribution in [0, 0.1) is 5.82 Å². The van der Waals surface area contributed by atoms with E-state index in [9.17, 15) is 22.4 Å². The normalized spacial score (nSPS) is 15.4. The van der Waals surface area contributed by atoms with Crippen molar-refractivity contribution in [3.63, 3.8) is 0 Å². The molecular weight excluding hydrogens is 412 g/mol. The SMILES string of the molecule is O=C(NCCN1CCN(c2ncc(C(F)(F)F)cc2Cl)CC1)c1ccccc1F. The molecule has 1 aliphatic heterocycles. The number of benzene rings is 1. The van der Waals surface area contributed by atoms with Gasteiger partial charge in [-0.3, -0.25) is 9.69 Å². The number of amides is 1. The lowest BCUT2D eigenvalue weighted by Crippen LogP contribution is -2.48. The third-order valence-corrected chi connectivity index (χ3v) is 4.93. The largest absolute Gasteiger partial charge is 0.417 e. The van der Waals surface area contributed by atoms with Crippen LogP contribution in [-0.4, -0.2) is 55.1 Å². The Morgan fingerprint density at radius 1 is 1.17 bits per heavy atom. The van der Waals surface area contributed by atoms with E-state index in [4.69, 9.17) is 11.6 Å². The van der Waals surface area contributed by atoms with Crippen LogP contribution in [0.1, 0.15) is 15.9 Å². The Morgan fingerprint density at radius 2 is 1.86 bits per heavy atom. The molecule has 0 spiro atoms. The van der Waals surface area contributed by atoms with Gasteiger partial charge in [-0.25, -0.2) is 9.37 Å². The van der Waals surface area contributed by atoms with Crippen molar-refractivity contribution >= 4 is 23.3 Å². The second-order valence-corrected chi connectivity index (χ2v) is 7.00. The molecule has 1 saturated heterocycles. The third kappa shape index (κ3) is 5.36. The van der Waals surface area contributed by atoms with Crippen molar-refractivity contribution in [2.45, 2.75) is 6.18 Å². The van der Waals surface area contributed by atoms with E-state index in [2.05, 4.69) is 15.2 Å². The molecule has 1 fully saturated rings. The summed E-state index contributed by atoms with van der Waals surface area (Å²) in [6.07, 6.45) is -3.70. The van der Waals surface area contributed by atoms with E-state index in [0.29, 0.717) is 45.1 Å². The lowest BCUT2D eigenvalue weighted by atomic mass is 10.2. The maximum absolute atomic E-state index is 13.6. The third-order valence-electron chi connectivity index (χ3n) is 4.65. The average Bonchev–Trinajstić information content (AvgIpc) is 2.68. The van der Waals surface area contributed by atoms with Crippen LogP contribution in [0.3, 0.4) is 0 Å². The van der Waals surface area contributed by atoms with Gasteiger partial charge in [0.25, 0.3) is 5.91 Å². The minimum atomic E-state index is -4.49. The highest BCUT2D eigenvalue weighted by atomic mass is 35.5. The molecule has 2 heterocycles. The van der Waals surface area contributed by atoms with Gasteiger partial charge in [-0.1, -0.05) is 23.7 Å². The van der Waals surface area contributed by atoms with Crippen molar-refractivity contribution in [1.29, 1.82) is 0 Å². The molecule has 29 heavy (non-hydrogen) atoms. The van der Waals surface area contributed by atoms with E-state index in [-0.39, 0.29) is 10.6 Å². The van der Waals surface area contributed by atoms with Crippen molar-refractivity contribution in [3.8, 4) is 0 Å². The number of nitrogens with one attached hydrogen (secondary N) is 1. The molecule has 5 nitrogen and oxygen atoms in total. The summed E-state index contributed by atoms with van der Waals surface area (Å²) in [7, 11) is 0. The van der Waals surface area contributed by atoms with Crippen molar-refractivity contribution < 1.29 is 22.4 Å². The quantitative estimate of drug-likeness (QED) is 0.738. The first-order chi connectivity index (χ1) is 13.8. The zero-order chi connectivity index (χ0) is 21.0. The summed E-state index contributed by atoms with van der Waals surface area (Å²) in [5.74, 6) is -0.714. The number of carbonyl (C=O) groups excluding carboxylic acids is 1. The zero-order valence-corrected chi connectivity index (χ0v) is 16.1. The van der Waals surface area contributed by atoms with Gasteiger partial charge in [-0.15, -0.1) is 0 Å². The highest BCUT2D eigenvalue weighted by molar-refractivity contribution is 6.33. The van der Waals surface area contributed by atoms with E-state index in [0.717, 1.165) is 12.3 Å². The maximum Gasteiger partial charge on any atom is 0.417 e. The first-order valence-corrected chi connectivity index (χ1v) is 9.36. The van der Waals surface area contributed by atoms with Crippen LogP contribution >= 0.6 is 11.6 Å². The summed E-state index contributed by atoms with van der Waals surface area (Å²) in [6.45, 7) is 3.27. The van der Waals surface area contributed by atoms with Gasteiger partial charge in [-0.05, 0) is 18.2 Å². The monoisotopic (exact) mass is 430 g/mol. The molecule has 156 valence electrons. The fourth-order valence-electron chi connectivity index (χ4n) is 3.07. The Hall–Kier alpha value is -2.39. The molecule has 1 aromatic carbocycles. The van der Waals surface area contributed by atoms with E-state index in [1.54, 1.807) is 6.07 Å². The van der Waals surface area contributed by atoms with Crippen LogP contribution in [0.4, 0.5) is 23.4 Å². The van der Waals surface area contributed by atoms with Gasteiger partial charge < -0.3 is 10.2 Å². The number of piperazine rings is 1. The summed E-state index contributed by atoms with van der Waals surface area (Å²) in [4.78, 5) is 19.8. The van der Waals surface area contributed by atoms with Gasteiger partial charge in [0.15, 0.2) is 0 Å². The minimum Gasteiger partial charge on any atom is -0.353 e. The Balaban J connectivity index is 1.47. The zero-order valence-electron chi connectivity index (χ0n) is 15.3. The maximum atomic E-state index is 13.6. The Morgan fingerprint density at radius 3 is 2.48 bits per heavy atom. The minimum absolute atomic E-state index is 0.000314. The van der Waals surface area contributed by atoms with E-state index < -0.39 is 23.5 Å². The molecule has 0 atom stereocenters. The summed E-state index contributed by atoms with van der Waals surface area (Å²) >= 11 is 6.00. The smallest absolute Gasteiger partial charge is 0.353 e. The van der Waals surface area contributed by atoms with Crippen LogP contribution < -0.4 is 10.2 Å². The fraction of sp³-hybridized carbons (Fsp3) is 0.368. The van der Waals surface area contributed by atoms with Crippen LogP contribution in [0.2, 0.25) is 5.02 Å². The van der Waals surface area contributed by atoms with E-state index in [1.807, 2.05) is 4.90 Å². The first-order valence-electron chi connectivity index (χ1n) is 8.98. The summed E-state index contributed by atoms with van der Waals surface area (Å²) in [5, 5.41) is 2.65. The Bertz CT molecular complexity index is 870. The Labute approximate surface area is 170 Å².